The number of aryl methyl sites for hydroxylation is 1. The summed E-state index contributed by atoms with van der Waals surface area (Å²) in [5.41, 5.74) is 1.12. The smallest absolute Gasteiger partial charge is 0.185 e. The molecule has 17 heavy (non-hydrogen) atoms. The molecule has 3 nitrogen and oxygen atoms in total. The summed E-state index contributed by atoms with van der Waals surface area (Å²) in [6.07, 6.45) is 4.81. The number of aromatic nitrogens is 1. The lowest BCUT2D eigenvalue weighted by Gasteiger charge is -2.23. The van der Waals surface area contributed by atoms with E-state index in [0.717, 1.165) is 40.7 Å². The summed E-state index contributed by atoms with van der Waals surface area (Å²) in [5.74, 6) is 1.10. The number of hydrogen-bond acceptors (Lipinski definition) is 5. The molecule has 2 rings (SSSR count). The van der Waals surface area contributed by atoms with Crippen molar-refractivity contribution >= 4 is 28.2 Å². The number of fused-ring (bicyclic) bond motifs is 1. The zero-order chi connectivity index (χ0) is 12.4. The number of thiazole rings is 1. The Balaban J connectivity index is 2.17. The van der Waals surface area contributed by atoms with E-state index in [1.807, 2.05) is 11.8 Å². The third-order valence-corrected chi connectivity index (χ3v) is 5.39. The highest BCUT2D eigenvalue weighted by molar-refractivity contribution is 7.98. The van der Waals surface area contributed by atoms with E-state index in [1.54, 1.807) is 11.3 Å². The quantitative estimate of drug-likeness (QED) is 0.914. The van der Waals surface area contributed by atoms with Gasteiger partial charge in [-0.25, -0.2) is 4.98 Å². The molecule has 0 radical (unpaired) electrons. The van der Waals surface area contributed by atoms with Gasteiger partial charge in [-0.15, -0.1) is 0 Å². The van der Waals surface area contributed by atoms with Crippen molar-refractivity contribution < 1.29 is 5.11 Å². The molecular weight excluding hydrogens is 252 g/mol. The van der Waals surface area contributed by atoms with E-state index in [-0.39, 0.29) is 6.10 Å². The minimum Gasteiger partial charge on any atom is -0.388 e. The van der Waals surface area contributed by atoms with Crippen molar-refractivity contribution in [2.45, 2.75) is 38.3 Å². The molecule has 0 bridgehead atoms. The molecule has 2 unspecified atom stereocenters. The second kappa shape index (κ2) is 5.59. The normalized spacial score (nSPS) is 21.1. The van der Waals surface area contributed by atoms with Crippen LogP contribution in [0.15, 0.2) is 0 Å². The minimum absolute atomic E-state index is 0.283. The highest BCUT2D eigenvalue weighted by Crippen LogP contribution is 2.37. The van der Waals surface area contributed by atoms with E-state index in [2.05, 4.69) is 30.1 Å². The molecule has 1 aliphatic carbocycles. The van der Waals surface area contributed by atoms with Gasteiger partial charge in [-0.05, 0) is 32.4 Å². The van der Waals surface area contributed by atoms with Crippen LogP contribution in [-0.4, -0.2) is 35.2 Å². The Morgan fingerprint density at radius 1 is 1.65 bits per heavy atom. The van der Waals surface area contributed by atoms with E-state index < -0.39 is 0 Å². The first-order valence-corrected chi connectivity index (χ1v) is 8.24. The molecule has 1 N–H and O–H groups in total. The number of aliphatic hydroxyl groups excluding tert-OH is 1. The lowest BCUT2D eigenvalue weighted by molar-refractivity contribution is 0.160. The average molecular weight is 272 g/mol. The molecule has 0 saturated carbocycles. The van der Waals surface area contributed by atoms with Crippen molar-refractivity contribution in [1.82, 2.24) is 4.98 Å². The Hall–Kier alpha value is -0.260. The van der Waals surface area contributed by atoms with Gasteiger partial charge in [0.05, 0.1) is 16.7 Å². The third-order valence-electron chi connectivity index (χ3n) is 3.28. The maximum absolute atomic E-state index is 9.95. The molecule has 1 heterocycles. The van der Waals surface area contributed by atoms with Crippen molar-refractivity contribution in [3.63, 3.8) is 0 Å². The van der Waals surface area contributed by atoms with Gasteiger partial charge in [0.15, 0.2) is 5.13 Å². The summed E-state index contributed by atoms with van der Waals surface area (Å²) in [5, 5.41) is 11.0. The van der Waals surface area contributed by atoms with Gasteiger partial charge < -0.3 is 10.0 Å². The number of anilines is 1. The first-order valence-electron chi connectivity index (χ1n) is 6.03. The van der Waals surface area contributed by atoms with Crippen molar-refractivity contribution in [3.8, 4) is 0 Å². The Labute approximate surface area is 111 Å². The summed E-state index contributed by atoms with van der Waals surface area (Å²) in [7, 11) is 2.09. The molecule has 1 aliphatic rings. The minimum atomic E-state index is -0.283. The van der Waals surface area contributed by atoms with Gasteiger partial charge in [-0.3, -0.25) is 0 Å². The molecule has 0 amide bonds. The van der Waals surface area contributed by atoms with Crippen LogP contribution in [0.25, 0.3) is 0 Å². The molecule has 2 atom stereocenters. The summed E-state index contributed by atoms with van der Waals surface area (Å²) in [6, 6.07) is 0.481. The Morgan fingerprint density at radius 3 is 3.06 bits per heavy atom. The SMILES string of the molecule is CSCC(C)N(C)c1nc2c(s1)C(O)CCC2. The lowest BCUT2D eigenvalue weighted by Crippen LogP contribution is -2.30. The van der Waals surface area contributed by atoms with Crippen LogP contribution in [0.3, 0.4) is 0 Å². The molecule has 0 fully saturated rings. The topological polar surface area (TPSA) is 36.4 Å². The van der Waals surface area contributed by atoms with Gasteiger partial charge >= 0.3 is 0 Å². The number of rotatable bonds is 4. The highest BCUT2D eigenvalue weighted by Gasteiger charge is 2.24. The number of aliphatic hydroxyl groups is 1. The predicted molar refractivity (Wildman–Crippen MR) is 76.3 cm³/mol. The van der Waals surface area contributed by atoms with Crippen LogP contribution in [0, 0.1) is 0 Å². The van der Waals surface area contributed by atoms with E-state index in [9.17, 15) is 5.11 Å². The standard InChI is InChI=1S/C12H20N2OS2/c1-8(7-16-3)14(2)12-13-9-5-4-6-10(15)11(9)17-12/h8,10,15H,4-7H2,1-3H3. The molecule has 0 saturated heterocycles. The summed E-state index contributed by atoms with van der Waals surface area (Å²) in [6.45, 7) is 2.22. The van der Waals surface area contributed by atoms with E-state index in [1.165, 1.54) is 0 Å². The van der Waals surface area contributed by atoms with Crippen molar-refractivity contribution in [2.75, 3.05) is 24.0 Å². The molecule has 0 aromatic carbocycles. The Morgan fingerprint density at radius 2 is 2.41 bits per heavy atom. The number of nitrogens with zero attached hydrogens (tertiary/aromatic N) is 2. The lowest BCUT2D eigenvalue weighted by atomic mass is 10.0. The van der Waals surface area contributed by atoms with Gasteiger partial charge in [0, 0.05) is 18.8 Å². The molecule has 0 spiro atoms. The second-order valence-corrected chi connectivity index (χ2v) is 6.55. The van der Waals surface area contributed by atoms with E-state index >= 15 is 0 Å². The van der Waals surface area contributed by atoms with Crippen LogP contribution >= 0.6 is 23.1 Å². The fourth-order valence-corrected chi connectivity index (χ4v) is 3.98. The largest absolute Gasteiger partial charge is 0.388 e. The maximum atomic E-state index is 9.95. The fourth-order valence-electron chi connectivity index (χ4n) is 2.08. The highest BCUT2D eigenvalue weighted by atomic mass is 32.2. The monoisotopic (exact) mass is 272 g/mol. The zero-order valence-corrected chi connectivity index (χ0v) is 12.3. The maximum Gasteiger partial charge on any atom is 0.185 e. The van der Waals surface area contributed by atoms with Crippen LogP contribution in [0.1, 0.15) is 36.4 Å². The molecule has 1 aromatic heterocycles. The zero-order valence-electron chi connectivity index (χ0n) is 10.6. The van der Waals surface area contributed by atoms with Crippen LogP contribution in [0.2, 0.25) is 0 Å². The second-order valence-electron chi connectivity index (χ2n) is 4.63. The van der Waals surface area contributed by atoms with Gasteiger partial charge in [0.25, 0.3) is 0 Å². The average Bonchev–Trinajstić information content (AvgIpc) is 2.73. The number of thioether (sulfide) groups is 1. The van der Waals surface area contributed by atoms with Crippen molar-refractivity contribution in [3.05, 3.63) is 10.6 Å². The van der Waals surface area contributed by atoms with Gasteiger partial charge in [0.1, 0.15) is 0 Å². The Bertz CT molecular complexity index is 381. The van der Waals surface area contributed by atoms with Crippen molar-refractivity contribution in [1.29, 1.82) is 0 Å². The van der Waals surface area contributed by atoms with Crippen molar-refractivity contribution in [2.24, 2.45) is 0 Å². The molecule has 5 heteroatoms. The summed E-state index contributed by atoms with van der Waals surface area (Å²) in [4.78, 5) is 8.00. The third kappa shape index (κ3) is 2.77. The molecule has 96 valence electrons. The molecule has 1 aromatic rings. The van der Waals surface area contributed by atoms with Gasteiger partial charge in [0.2, 0.25) is 0 Å². The number of hydrogen-bond donors (Lipinski definition) is 1. The fraction of sp³-hybridized carbons (Fsp3) is 0.750. The first kappa shape index (κ1) is 13.2. The van der Waals surface area contributed by atoms with Crippen LogP contribution < -0.4 is 4.90 Å². The predicted octanol–water partition coefficient (Wildman–Crippen LogP) is 2.70. The molecule has 0 aliphatic heterocycles. The Kier molecular flexibility index (Phi) is 4.33. The van der Waals surface area contributed by atoms with Crippen LogP contribution in [0.5, 0.6) is 0 Å². The first-order chi connectivity index (χ1) is 8.13. The van der Waals surface area contributed by atoms with E-state index in [0.29, 0.717) is 6.04 Å². The van der Waals surface area contributed by atoms with Gasteiger partial charge in [-0.2, -0.15) is 11.8 Å². The summed E-state index contributed by atoms with van der Waals surface area (Å²) < 4.78 is 0. The van der Waals surface area contributed by atoms with Gasteiger partial charge in [-0.1, -0.05) is 11.3 Å². The molecular formula is C12H20N2OS2. The van der Waals surface area contributed by atoms with Crippen LogP contribution in [0.4, 0.5) is 5.13 Å². The van der Waals surface area contributed by atoms with Crippen LogP contribution in [-0.2, 0) is 6.42 Å². The summed E-state index contributed by atoms with van der Waals surface area (Å²) >= 11 is 3.52. The van der Waals surface area contributed by atoms with E-state index in [4.69, 9.17) is 0 Å².